The number of anilines is 1. The molecule has 0 fully saturated rings. The third-order valence-corrected chi connectivity index (χ3v) is 4.18. The molecule has 0 saturated heterocycles. The number of phenolic OH excluding ortho intramolecular Hbond substituents is 1. The van der Waals surface area contributed by atoms with E-state index in [9.17, 15) is 9.90 Å². The lowest BCUT2D eigenvalue weighted by Gasteiger charge is -2.35. The van der Waals surface area contributed by atoms with E-state index in [1.165, 1.54) is 0 Å². The van der Waals surface area contributed by atoms with Crippen molar-refractivity contribution in [3.8, 4) is 11.5 Å². The number of likely N-dealkylation sites (N-methyl/N-ethyl adjacent to an activating group) is 1. The molecule has 0 spiro atoms. The van der Waals surface area contributed by atoms with Gasteiger partial charge in [0.05, 0.1) is 5.69 Å². The summed E-state index contributed by atoms with van der Waals surface area (Å²) in [6.07, 6.45) is -0.692. The van der Waals surface area contributed by atoms with Gasteiger partial charge >= 0.3 is 0 Å². The van der Waals surface area contributed by atoms with E-state index in [0.29, 0.717) is 18.0 Å². The van der Waals surface area contributed by atoms with Crippen LogP contribution in [0.2, 0.25) is 0 Å². The van der Waals surface area contributed by atoms with Crippen LogP contribution in [0.15, 0.2) is 42.5 Å². The molecule has 1 heterocycles. The average molecular weight is 326 g/mol. The van der Waals surface area contributed by atoms with Crippen molar-refractivity contribution in [1.82, 2.24) is 4.90 Å². The maximum atomic E-state index is 13.0. The Bertz CT molecular complexity index is 744. The van der Waals surface area contributed by atoms with Crippen molar-refractivity contribution in [2.75, 3.05) is 32.1 Å². The fourth-order valence-corrected chi connectivity index (χ4v) is 2.77. The van der Waals surface area contributed by atoms with Gasteiger partial charge in [0.15, 0.2) is 0 Å². The van der Waals surface area contributed by atoms with Gasteiger partial charge in [-0.3, -0.25) is 4.79 Å². The number of fused-ring (bicyclic) bond motifs is 1. The van der Waals surface area contributed by atoms with E-state index in [-0.39, 0.29) is 11.7 Å². The van der Waals surface area contributed by atoms with Gasteiger partial charge < -0.3 is 19.6 Å². The van der Waals surface area contributed by atoms with Gasteiger partial charge in [-0.1, -0.05) is 30.3 Å². The molecule has 0 saturated carbocycles. The maximum absolute atomic E-state index is 13.0. The van der Waals surface area contributed by atoms with Crippen LogP contribution in [0.5, 0.6) is 11.5 Å². The molecule has 2 aromatic carbocycles. The zero-order valence-electron chi connectivity index (χ0n) is 14.2. The van der Waals surface area contributed by atoms with Gasteiger partial charge in [0.25, 0.3) is 5.91 Å². The topological polar surface area (TPSA) is 53.0 Å². The summed E-state index contributed by atoms with van der Waals surface area (Å²) in [5, 5.41) is 10.0. The van der Waals surface area contributed by atoms with E-state index < -0.39 is 6.10 Å². The summed E-state index contributed by atoms with van der Waals surface area (Å²) in [6.45, 7) is 3.12. The largest absolute Gasteiger partial charge is 0.508 e. The number of amides is 1. The molecular weight excluding hydrogens is 304 g/mol. The third-order valence-electron chi connectivity index (χ3n) is 4.18. The lowest BCUT2D eigenvalue weighted by atomic mass is 10.0. The summed E-state index contributed by atoms with van der Waals surface area (Å²) < 4.78 is 5.94. The van der Waals surface area contributed by atoms with Crippen LogP contribution in [-0.2, 0) is 4.79 Å². The second-order valence-electron chi connectivity index (χ2n) is 6.31. The van der Waals surface area contributed by atoms with E-state index >= 15 is 0 Å². The van der Waals surface area contributed by atoms with Crippen LogP contribution < -0.4 is 9.64 Å². The number of phenols is 1. The van der Waals surface area contributed by atoms with Crippen molar-refractivity contribution in [2.45, 2.75) is 13.0 Å². The molecule has 5 nitrogen and oxygen atoms in total. The number of benzene rings is 2. The number of ether oxygens (including phenoxy) is 1. The minimum Gasteiger partial charge on any atom is -0.508 e. The summed E-state index contributed by atoms with van der Waals surface area (Å²) in [4.78, 5) is 16.8. The van der Waals surface area contributed by atoms with Crippen LogP contribution in [0.3, 0.4) is 0 Å². The minimum atomic E-state index is -0.692. The van der Waals surface area contributed by atoms with Gasteiger partial charge in [-0.25, -0.2) is 0 Å². The molecule has 0 aliphatic carbocycles. The standard InChI is InChI=1S/C19H22N2O3/c1-13-11-15-17(12-16(13)22)24-18(14-7-5-4-6-8-14)19(23)21(15)10-9-20(2)3/h4-8,11-12,18,22H,9-10H2,1-3H3. The molecule has 24 heavy (non-hydrogen) atoms. The molecule has 1 aliphatic heterocycles. The zero-order valence-corrected chi connectivity index (χ0v) is 14.2. The number of aromatic hydroxyl groups is 1. The van der Waals surface area contributed by atoms with Gasteiger partial charge in [0.2, 0.25) is 6.10 Å². The van der Waals surface area contributed by atoms with Crippen LogP contribution in [0, 0.1) is 6.92 Å². The fraction of sp³-hybridized carbons (Fsp3) is 0.316. The number of aryl methyl sites for hydroxylation is 1. The number of carbonyl (C=O) groups is 1. The Morgan fingerprint density at radius 1 is 1.21 bits per heavy atom. The van der Waals surface area contributed by atoms with Gasteiger partial charge in [0.1, 0.15) is 11.5 Å². The van der Waals surface area contributed by atoms with E-state index in [2.05, 4.69) is 0 Å². The Labute approximate surface area is 142 Å². The summed E-state index contributed by atoms with van der Waals surface area (Å²) >= 11 is 0. The highest BCUT2D eigenvalue weighted by molar-refractivity contribution is 6.00. The van der Waals surface area contributed by atoms with E-state index in [4.69, 9.17) is 4.74 Å². The van der Waals surface area contributed by atoms with Gasteiger partial charge in [-0.15, -0.1) is 0 Å². The first kappa shape index (κ1) is 16.3. The van der Waals surface area contributed by atoms with Crippen LogP contribution >= 0.6 is 0 Å². The molecule has 5 heteroatoms. The summed E-state index contributed by atoms with van der Waals surface area (Å²) in [7, 11) is 3.95. The van der Waals surface area contributed by atoms with Crippen molar-refractivity contribution in [1.29, 1.82) is 0 Å². The van der Waals surface area contributed by atoms with Gasteiger partial charge in [-0.2, -0.15) is 0 Å². The second kappa shape index (κ2) is 6.53. The first-order valence-corrected chi connectivity index (χ1v) is 7.98. The number of rotatable bonds is 4. The van der Waals surface area contributed by atoms with Crippen molar-refractivity contribution >= 4 is 11.6 Å². The minimum absolute atomic E-state index is 0.0827. The van der Waals surface area contributed by atoms with Crippen molar-refractivity contribution in [2.24, 2.45) is 0 Å². The fourth-order valence-electron chi connectivity index (χ4n) is 2.77. The quantitative estimate of drug-likeness (QED) is 0.939. The Morgan fingerprint density at radius 2 is 1.92 bits per heavy atom. The predicted molar refractivity (Wildman–Crippen MR) is 93.6 cm³/mol. The van der Waals surface area contributed by atoms with Crippen molar-refractivity contribution < 1.29 is 14.6 Å². The molecular formula is C19H22N2O3. The number of nitrogens with zero attached hydrogens (tertiary/aromatic N) is 2. The number of carbonyl (C=O) groups excluding carboxylic acids is 1. The van der Waals surface area contributed by atoms with E-state index in [0.717, 1.165) is 17.7 Å². The molecule has 0 radical (unpaired) electrons. The molecule has 2 aromatic rings. The van der Waals surface area contributed by atoms with Crippen LogP contribution in [0.25, 0.3) is 0 Å². The molecule has 1 N–H and O–H groups in total. The molecule has 0 aromatic heterocycles. The van der Waals surface area contributed by atoms with Crippen molar-refractivity contribution in [3.63, 3.8) is 0 Å². The van der Waals surface area contributed by atoms with Crippen molar-refractivity contribution in [3.05, 3.63) is 53.6 Å². The molecule has 1 unspecified atom stereocenters. The van der Waals surface area contributed by atoms with E-state index in [1.54, 1.807) is 17.0 Å². The Balaban J connectivity index is 2.03. The van der Waals surface area contributed by atoms with Crippen LogP contribution in [-0.4, -0.2) is 43.1 Å². The molecule has 126 valence electrons. The SMILES string of the molecule is Cc1cc2c(cc1O)OC(c1ccccc1)C(=O)N2CCN(C)C. The highest BCUT2D eigenvalue weighted by Crippen LogP contribution is 2.42. The summed E-state index contributed by atoms with van der Waals surface area (Å²) in [5.74, 6) is 0.619. The first-order valence-electron chi connectivity index (χ1n) is 7.98. The lowest BCUT2D eigenvalue weighted by Crippen LogP contribution is -2.44. The van der Waals surface area contributed by atoms with Crippen LogP contribution in [0.1, 0.15) is 17.2 Å². The van der Waals surface area contributed by atoms with E-state index in [1.807, 2.05) is 56.3 Å². The molecule has 1 atom stereocenters. The average Bonchev–Trinajstić information content (AvgIpc) is 2.56. The highest BCUT2D eigenvalue weighted by atomic mass is 16.5. The molecule has 1 amide bonds. The Morgan fingerprint density at radius 3 is 2.58 bits per heavy atom. The number of hydrogen-bond donors (Lipinski definition) is 1. The zero-order chi connectivity index (χ0) is 17.3. The predicted octanol–water partition coefficient (Wildman–Crippen LogP) is 2.73. The van der Waals surface area contributed by atoms with Gasteiger partial charge in [0, 0.05) is 24.7 Å². The maximum Gasteiger partial charge on any atom is 0.272 e. The third kappa shape index (κ3) is 3.08. The van der Waals surface area contributed by atoms with Gasteiger partial charge in [-0.05, 0) is 32.6 Å². The molecule has 3 rings (SSSR count). The normalized spacial score (nSPS) is 16.9. The smallest absolute Gasteiger partial charge is 0.272 e. The molecule has 1 aliphatic rings. The first-order chi connectivity index (χ1) is 11.5. The lowest BCUT2D eigenvalue weighted by molar-refractivity contribution is -0.126. The monoisotopic (exact) mass is 326 g/mol. The Hall–Kier alpha value is -2.53. The highest BCUT2D eigenvalue weighted by Gasteiger charge is 2.35. The summed E-state index contributed by atoms with van der Waals surface area (Å²) in [5.41, 5.74) is 2.24. The summed E-state index contributed by atoms with van der Waals surface area (Å²) in [6, 6.07) is 12.8. The second-order valence-corrected chi connectivity index (χ2v) is 6.31. The molecule has 0 bridgehead atoms. The Kier molecular flexibility index (Phi) is 4.44. The number of hydrogen-bond acceptors (Lipinski definition) is 4. The van der Waals surface area contributed by atoms with Crippen LogP contribution in [0.4, 0.5) is 5.69 Å².